The Morgan fingerprint density at radius 1 is 1.17 bits per heavy atom. The normalized spacial score (nSPS) is 24.8. The van der Waals surface area contributed by atoms with Crippen molar-refractivity contribution in [2.75, 3.05) is 12.4 Å². The first-order valence-electron chi connectivity index (χ1n) is 10.2. The van der Waals surface area contributed by atoms with Gasteiger partial charge < -0.3 is 20.5 Å². The van der Waals surface area contributed by atoms with Crippen LogP contribution in [0.15, 0.2) is 36.5 Å². The van der Waals surface area contributed by atoms with Gasteiger partial charge >= 0.3 is 12.4 Å². The summed E-state index contributed by atoms with van der Waals surface area (Å²) in [5.74, 6) is -5.66. The second-order valence-corrected chi connectivity index (χ2v) is 8.17. The number of anilines is 1. The Morgan fingerprint density at radius 3 is 2.37 bits per heavy atom. The molecule has 2 aromatic rings. The summed E-state index contributed by atoms with van der Waals surface area (Å²) < 4.78 is 93.0. The Kier molecular flexibility index (Phi) is 6.77. The number of nitrogens with two attached hydrogens (primary N) is 1. The van der Waals surface area contributed by atoms with Crippen molar-refractivity contribution < 1.29 is 45.4 Å². The van der Waals surface area contributed by atoms with Crippen LogP contribution in [-0.2, 0) is 15.7 Å². The Balaban J connectivity index is 2.11. The standard InChI is InChI=1S/C22H21F6N3O4/c1-10-15(12-5-4-6-13(16(12)34-3)21(23,24)25)17(35-20(10,2)22(26,27)28)19(33)31-11-7-8-30-14(9-11)18(29)32/h4-10,15,17H,1-3H3,(H2,29,32)(H,30,31,33)/t10-,15+,17-,20+/m1/s1. The summed E-state index contributed by atoms with van der Waals surface area (Å²) in [7, 11) is 0.953. The van der Waals surface area contributed by atoms with Crippen molar-refractivity contribution in [2.24, 2.45) is 11.7 Å². The fourth-order valence-corrected chi connectivity index (χ4v) is 4.15. The van der Waals surface area contributed by atoms with E-state index in [1.165, 1.54) is 12.1 Å². The molecule has 1 saturated heterocycles. The maximum atomic E-state index is 14.0. The summed E-state index contributed by atoms with van der Waals surface area (Å²) in [5.41, 5.74) is 0.564. The first-order chi connectivity index (χ1) is 16.1. The minimum atomic E-state index is -4.95. The molecule has 2 heterocycles. The number of para-hydroxylation sites is 1. The minimum absolute atomic E-state index is 0.0228. The predicted octanol–water partition coefficient (Wildman–Crippen LogP) is 4.29. The molecule has 7 nitrogen and oxygen atoms in total. The Hall–Kier alpha value is -3.35. The molecular weight excluding hydrogens is 484 g/mol. The van der Waals surface area contributed by atoms with Crippen LogP contribution < -0.4 is 15.8 Å². The second-order valence-electron chi connectivity index (χ2n) is 8.17. The molecule has 0 unspecified atom stereocenters. The average Bonchev–Trinajstić information content (AvgIpc) is 3.04. The van der Waals surface area contributed by atoms with Gasteiger partial charge in [-0.1, -0.05) is 19.1 Å². The number of nitrogens with zero attached hydrogens (tertiary/aromatic N) is 1. The first-order valence-corrected chi connectivity index (χ1v) is 10.2. The Labute approximate surface area is 195 Å². The third-order valence-corrected chi connectivity index (χ3v) is 6.12. The topological polar surface area (TPSA) is 104 Å². The summed E-state index contributed by atoms with van der Waals surface area (Å²) in [4.78, 5) is 28.2. The van der Waals surface area contributed by atoms with Gasteiger partial charge in [0.1, 0.15) is 17.5 Å². The van der Waals surface area contributed by atoms with Crippen LogP contribution in [0.2, 0.25) is 0 Å². The number of pyridine rings is 1. The minimum Gasteiger partial charge on any atom is -0.496 e. The third kappa shape index (κ3) is 4.77. The smallest absolute Gasteiger partial charge is 0.419 e. The molecule has 3 N–H and O–H groups in total. The molecule has 3 rings (SSSR count). The quantitative estimate of drug-likeness (QED) is 0.591. The highest BCUT2D eigenvalue weighted by Gasteiger charge is 2.66. The number of hydrogen-bond donors (Lipinski definition) is 2. The van der Waals surface area contributed by atoms with E-state index >= 15 is 0 Å². The van der Waals surface area contributed by atoms with Crippen LogP contribution in [0.25, 0.3) is 0 Å². The number of benzene rings is 1. The highest BCUT2D eigenvalue weighted by molar-refractivity contribution is 5.97. The molecule has 13 heteroatoms. The molecule has 0 bridgehead atoms. The summed E-state index contributed by atoms with van der Waals surface area (Å²) >= 11 is 0. The van der Waals surface area contributed by atoms with E-state index in [1.807, 2.05) is 0 Å². The molecule has 2 amide bonds. The second kappa shape index (κ2) is 9.02. The predicted molar refractivity (Wildman–Crippen MR) is 111 cm³/mol. The number of primary amides is 1. The van der Waals surface area contributed by atoms with E-state index in [2.05, 4.69) is 10.3 Å². The lowest BCUT2D eigenvalue weighted by Crippen LogP contribution is -2.47. The summed E-state index contributed by atoms with van der Waals surface area (Å²) in [6.07, 6.45) is -10.5. The number of ether oxygens (including phenoxy) is 2. The van der Waals surface area contributed by atoms with Crippen LogP contribution >= 0.6 is 0 Å². The lowest BCUT2D eigenvalue weighted by atomic mass is 9.76. The Morgan fingerprint density at radius 2 is 1.83 bits per heavy atom. The fraction of sp³-hybridized carbons (Fsp3) is 0.409. The van der Waals surface area contributed by atoms with Gasteiger partial charge in [-0.05, 0) is 25.1 Å². The number of halogens is 6. The molecule has 0 aliphatic carbocycles. The fourth-order valence-electron chi connectivity index (χ4n) is 4.15. The summed E-state index contributed by atoms with van der Waals surface area (Å²) in [5, 5.41) is 2.33. The third-order valence-electron chi connectivity index (χ3n) is 6.12. The number of aromatic nitrogens is 1. The zero-order chi connectivity index (χ0) is 26.3. The van der Waals surface area contributed by atoms with Crippen LogP contribution in [-0.4, -0.2) is 41.8 Å². The lowest BCUT2D eigenvalue weighted by Gasteiger charge is -2.32. The van der Waals surface area contributed by atoms with E-state index in [1.54, 1.807) is 0 Å². The van der Waals surface area contributed by atoms with Gasteiger partial charge in [0.2, 0.25) is 0 Å². The molecular formula is C22H21F6N3O4. The van der Waals surface area contributed by atoms with Crippen LogP contribution in [0.1, 0.15) is 41.4 Å². The van der Waals surface area contributed by atoms with Gasteiger partial charge in [-0.25, -0.2) is 0 Å². The number of rotatable bonds is 5. The van der Waals surface area contributed by atoms with Crippen molar-refractivity contribution in [1.29, 1.82) is 0 Å². The number of nitrogens with one attached hydrogen (secondary N) is 1. The molecule has 0 spiro atoms. The van der Waals surface area contributed by atoms with Gasteiger partial charge in [0.25, 0.3) is 11.8 Å². The molecule has 0 saturated carbocycles. The van der Waals surface area contributed by atoms with Gasteiger partial charge in [0, 0.05) is 29.3 Å². The highest BCUT2D eigenvalue weighted by atomic mass is 19.4. The zero-order valence-electron chi connectivity index (χ0n) is 18.6. The average molecular weight is 505 g/mol. The van der Waals surface area contributed by atoms with Crippen molar-refractivity contribution in [3.63, 3.8) is 0 Å². The largest absolute Gasteiger partial charge is 0.496 e. The Bertz CT molecular complexity index is 1140. The van der Waals surface area contributed by atoms with Crippen molar-refractivity contribution in [1.82, 2.24) is 4.98 Å². The van der Waals surface area contributed by atoms with Crippen LogP contribution in [0.4, 0.5) is 32.0 Å². The van der Waals surface area contributed by atoms with Crippen LogP contribution in [0.5, 0.6) is 5.75 Å². The molecule has 4 atom stereocenters. The number of amides is 2. The van der Waals surface area contributed by atoms with Crippen molar-refractivity contribution in [3.05, 3.63) is 53.3 Å². The van der Waals surface area contributed by atoms with Gasteiger partial charge in [-0.15, -0.1) is 0 Å². The van der Waals surface area contributed by atoms with E-state index in [9.17, 15) is 35.9 Å². The van der Waals surface area contributed by atoms with E-state index < -0.39 is 59.0 Å². The van der Waals surface area contributed by atoms with Gasteiger partial charge in [-0.2, -0.15) is 26.3 Å². The summed E-state index contributed by atoms with van der Waals surface area (Å²) in [6.45, 7) is 1.87. The highest BCUT2D eigenvalue weighted by Crippen LogP contribution is 2.55. The summed E-state index contributed by atoms with van der Waals surface area (Å²) in [6, 6.07) is 5.27. The maximum absolute atomic E-state index is 14.0. The molecule has 0 radical (unpaired) electrons. The molecule has 190 valence electrons. The number of alkyl halides is 6. The monoisotopic (exact) mass is 505 g/mol. The SMILES string of the molecule is COc1c([C@@H]2[C@@H](C)[C@@](C)(C(F)(F)F)O[C@H]2C(=O)Nc2ccnc(C(N)=O)c2)cccc1C(F)(F)F. The van der Waals surface area contributed by atoms with E-state index in [0.717, 1.165) is 45.4 Å². The molecule has 1 aliphatic rings. The van der Waals surface area contributed by atoms with Crippen molar-refractivity contribution in [3.8, 4) is 5.75 Å². The number of carbonyl (C=O) groups excluding carboxylic acids is 2. The van der Waals surface area contributed by atoms with Gasteiger partial charge in [0.15, 0.2) is 5.60 Å². The van der Waals surface area contributed by atoms with Crippen molar-refractivity contribution in [2.45, 2.75) is 43.8 Å². The van der Waals surface area contributed by atoms with Crippen LogP contribution in [0, 0.1) is 5.92 Å². The molecule has 35 heavy (non-hydrogen) atoms. The van der Waals surface area contributed by atoms with E-state index in [4.69, 9.17) is 15.2 Å². The van der Waals surface area contributed by atoms with Gasteiger partial charge in [-0.3, -0.25) is 14.6 Å². The maximum Gasteiger partial charge on any atom is 0.419 e. The number of hydrogen-bond acceptors (Lipinski definition) is 5. The first kappa shape index (κ1) is 26.3. The molecule has 1 aliphatic heterocycles. The van der Waals surface area contributed by atoms with E-state index in [-0.39, 0.29) is 16.9 Å². The van der Waals surface area contributed by atoms with Crippen LogP contribution in [0.3, 0.4) is 0 Å². The van der Waals surface area contributed by atoms with Gasteiger partial charge in [0.05, 0.1) is 12.7 Å². The lowest BCUT2D eigenvalue weighted by molar-refractivity contribution is -0.272. The number of methoxy groups -OCH3 is 1. The van der Waals surface area contributed by atoms with E-state index in [0.29, 0.717) is 0 Å². The molecule has 1 aromatic carbocycles. The molecule has 1 fully saturated rings. The molecule has 1 aromatic heterocycles. The number of carbonyl (C=O) groups is 2. The zero-order valence-corrected chi connectivity index (χ0v) is 18.6. The van der Waals surface area contributed by atoms with Crippen molar-refractivity contribution >= 4 is 17.5 Å².